The van der Waals surface area contributed by atoms with Crippen LogP contribution in [0.3, 0.4) is 0 Å². The lowest BCUT2D eigenvalue weighted by Crippen LogP contribution is -2.07. The van der Waals surface area contributed by atoms with Gasteiger partial charge in [0, 0.05) is 40.0 Å². The zero-order chi connectivity index (χ0) is 18.3. The van der Waals surface area contributed by atoms with Crippen molar-refractivity contribution in [2.45, 2.75) is 46.2 Å². The summed E-state index contributed by atoms with van der Waals surface area (Å²) in [6, 6.07) is 15.0. The molecule has 0 fully saturated rings. The molecule has 5 nitrogen and oxygen atoms in total. The van der Waals surface area contributed by atoms with E-state index in [2.05, 4.69) is 83.3 Å². The molecule has 0 saturated heterocycles. The van der Waals surface area contributed by atoms with Gasteiger partial charge in [-0.3, -0.25) is 0 Å². The molecule has 4 aromatic rings. The lowest BCUT2D eigenvalue weighted by Gasteiger charge is -2.11. The molecule has 2 aromatic heterocycles. The summed E-state index contributed by atoms with van der Waals surface area (Å²) in [7, 11) is 0. The molecule has 1 atom stereocenters. The van der Waals surface area contributed by atoms with Gasteiger partial charge in [0.25, 0.3) is 0 Å². The first-order valence-corrected chi connectivity index (χ1v) is 9.19. The smallest absolute Gasteiger partial charge is 0.248 e. The molecule has 0 aliphatic rings. The standard InChI is InChI=1S/C21H24N4O/c1-5-25-18-9-7-6-8-16(18)17-12-15(10-11-19(17)25)22-14(4)21-23-20(13(2)3)24-26-21/h6-14,22H,5H2,1-4H3. The van der Waals surface area contributed by atoms with E-state index in [1.807, 2.05) is 6.92 Å². The number of nitrogens with one attached hydrogen (secondary N) is 1. The van der Waals surface area contributed by atoms with Crippen molar-refractivity contribution >= 4 is 27.5 Å². The zero-order valence-electron chi connectivity index (χ0n) is 15.7. The van der Waals surface area contributed by atoms with Crippen LogP contribution in [-0.2, 0) is 6.54 Å². The van der Waals surface area contributed by atoms with E-state index in [4.69, 9.17) is 4.52 Å². The van der Waals surface area contributed by atoms with E-state index in [9.17, 15) is 0 Å². The number of para-hydroxylation sites is 1. The van der Waals surface area contributed by atoms with Gasteiger partial charge in [-0.05, 0) is 38.1 Å². The zero-order valence-corrected chi connectivity index (χ0v) is 15.7. The third-order valence-electron chi connectivity index (χ3n) is 4.82. The highest BCUT2D eigenvalue weighted by Crippen LogP contribution is 2.32. The summed E-state index contributed by atoms with van der Waals surface area (Å²) in [6.45, 7) is 9.29. The van der Waals surface area contributed by atoms with E-state index in [1.54, 1.807) is 0 Å². The van der Waals surface area contributed by atoms with Crippen LogP contribution in [0.2, 0.25) is 0 Å². The number of aryl methyl sites for hydroxylation is 1. The van der Waals surface area contributed by atoms with Gasteiger partial charge in [0.2, 0.25) is 5.89 Å². The highest BCUT2D eigenvalue weighted by atomic mass is 16.5. The Labute approximate surface area is 153 Å². The third-order valence-corrected chi connectivity index (χ3v) is 4.82. The van der Waals surface area contributed by atoms with Gasteiger partial charge in [-0.1, -0.05) is 37.2 Å². The maximum Gasteiger partial charge on any atom is 0.248 e. The van der Waals surface area contributed by atoms with Crippen LogP contribution < -0.4 is 5.32 Å². The first-order valence-electron chi connectivity index (χ1n) is 9.19. The Morgan fingerprint density at radius 1 is 1.04 bits per heavy atom. The second-order valence-corrected chi connectivity index (χ2v) is 7.00. The first-order chi connectivity index (χ1) is 12.6. The maximum atomic E-state index is 5.41. The predicted molar refractivity (Wildman–Crippen MR) is 106 cm³/mol. The number of anilines is 1. The highest BCUT2D eigenvalue weighted by molar-refractivity contribution is 6.09. The molecule has 2 heterocycles. The number of hydrogen-bond donors (Lipinski definition) is 1. The minimum Gasteiger partial charge on any atom is -0.374 e. The van der Waals surface area contributed by atoms with Gasteiger partial charge in [-0.15, -0.1) is 0 Å². The Balaban J connectivity index is 1.70. The fraction of sp³-hybridized carbons (Fsp3) is 0.333. The Kier molecular flexibility index (Phi) is 4.15. The number of nitrogens with zero attached hydrogens (tertiary/aromatic N) is 3. The lowest BCUT2D eigenvalue weighted by molar-refractivity contribution is 0.361. The van der Waals surface area contributed by atoms with E-state index < -0.39 is 0 Å². The van der Waals surface area contributed by atoms with E-state index in [0.717, 1.165) is 18.1 Å². The van der Waals surface area contributed by atoms with Crippen molar-refractivity contribution < 1.29 is 4.52 Å². The number of fused-ring (bicyclic) bond motifs is 3. The summed E-state index contributed by atoms with van der Waals surface area (Å²) in [5.41, 5.74) is 3.58. The molecule has 0 amide bonds. The van der Waals surface area contributed by atoms with Gasteiger partial charge in [0.15, 0.2) is 5.82 Å². The van der Waals surface area contributed by atoms with Crippen molar-refractivity contribution in [3.8, 4) is 0 Å². The van der Waals surface area contributed by atoms with Crippen molar-refractivity contribution in [3.05, 3.63) is 54.2 Å². The van der Waals surface area contributed by atoms with Gasteiger partial charge >= 0.3 is 0 Å². The summed E-state index contributed by atoms with van der Waals surface area (Å²) in [5, 5.41) is 10.1. The molecule has 0 aliphatic carbocycles. The summed E-state index contributed by atoms with van der Waals surface area (Å²) >= 11 is 0. The number of hydrogen-bond acceptors (Lipinski definition) is 4. The van der Waals surface area contributed by atoms with Crippen molar-refractivity contribution in [3.63, 3.8) is 0 Å². The molecule has 1 N–H and O–H groups in total. The average molecular weight is 348 g/mol. The topological polar surface area (TPSA) is 55.9 Å². The number of rotatable bonds is 5. The summed E-state index contributed by atoms with van der Waals surface area (Å²) in [4.78, 5) is 4.49. The summed E-state index contributed by atoms with van der Waals surface area (Å²) in [5.74, 6) is 1.62. The van der Waals surface area contributed by atoms with Crippen molar-refractivity contribution in [1.29, 1.82) is 0 Å². The van der Waals surface area contributed by atoms with Crippen LogP contribution in [0.5, 0.6) is 0 Å². The molecule has 0 bridgehead atoms. The lowest BCUT2D eigenvalue weighted by atomic mass is 10.1. The minimum atomic E-state index is -0.0491. The summed E-state index contributed by atoms with van der Waals surface area (Å²) in [6.07, 6.45) is 0. The van der Waals surface area contributed by atoms with Gasteiger partial charge < -0.3 is 14.4 Å². The van der Waals surface area contributed by atoms with Crippen molar-refractivity contribution in [2.75, 3.05) is 5.32 Å². The van der Waals surface area contributed by atoms with Gasteiger partial charge in [-0.2, -0.15) is 4.98 Å². The molecule has 0 aliphatic heterocycles. The molecule has 0 spiro atoms. The molecule has 5 heteroatoms. The molecule has 2 aromatic carbocycles. The molecule has 134 valence electrons. The third kappa shape index (κ3) is 2.73. The molecular weight excluding hydrogens is 324 g/mol. The molecule has 0 radical (unpaired) electrons. The fourth-order valence-electron chi connectivity index (χ4n) is 3.45. The minimum absolute atomic E-state index is 0.0491. The predicted octanol–water partition coefficient (Wildman–Crippen LogP) is 5.49. The van der Waals surface area contributed by atoms with Crippen LogP contribution in [0.25, 0.3) is 21.8 Å². The Hall–Kier alpha value is -2.82. The largest absolute Gasteiger partial charge is 0.374 e. The maximum absolute atomic E-state index is 5.41. The van der Waals surface area contributed by atoms with Crippen molar-refractivity contribution in [1.82, 2.24) is 14.7 Å². The van der Waals surface area contributed by atoms with Gasteiger partial charge in [0.1, 0.15) is 6.04 Å². The Morgan fingerprint density at radius 3 is 2.54 bits per heavy atom. The number of benzene rings is 2. The highest BCUT2D eigenvalue weighted by Gasteiger charge is 2.16. The van der Waals surface area contributed by atoms with Crippen LogP contribution in [0.4, 0.5) is 5.69 Å². The molecule has 0 saturated carbocycles. The van der Waals surface area contributed by atoms with E-state index >= 15 is 0 Å². The fourth-order valence-corrected chi connectivity index (χ4v) is 3.45. The van der Waals surface area contributed by atoms with E-state index in [0.29, 0.717) is 5.89 Å². The molecular formula is C21H24N4O. The SMILES string of the molecule is CCn1c2ccccc2c2cc(NC(C)c3nc(C(C)C)no3)ccc21. The quantitative estimate of drug-likeness (QED) is 0.518. The molecule has 26 heavy (non-hydrogen) atoms. The molecule has 4 rings (SSSR count). The van der Waals surface area contributed by atoms with Gasteiger partial charge in [-0.25, -0.2) is 0 Å². The normalized spacial score (nSPS) is 13.0. The van der Waals surface area contributed by atoms with E-state index in [-0.39, 0.29) is 12.0 Å². The molecule has 1 unspecified atom stereocenters. The summed E-state index contributed by atoms with van der Waals surface area (Å²) < 4.78 is 7.76. The first kappa shape index (κ1) is 16.6. The Morgan fingerprint density at radius 2 is 1.81 bits per heavy atom. The van der Waals surface area contributed by atoms with Crippen LogP contribution >= 0.6 is 0 Å². The van der Waals surface area contributed by atoms with Crippen LogP contribution in [0, 0.1) is 0 Å². The van der Waals surface area contributed by atoms with E-state index in [1.165, 1.54) is 21.8 Å². The number of aromatic nitrogens is 3. The second-order valence-electron chi connectivity index (χ2n) is 7.00. The van der Waals surface area contributed by atoms with Crippen LogP contribution in [-0.4, -0.2) is 14.7 Å². The second kappa shape index (κ2) is 6.48. The van der Waals surface area contributed by atoms with Crippen molar-refractivity contribution in [2.24, 2.45) is 0 Å². The monoisotopic (exact) mass is 348 g/mol. The Bertz CT molecular complexity index is 1060. The van der Waals surface area contributed by atoms with Crippen LogP contribution in [0.1, 0.15) is 51.4 Å². The van der Waals surface area contributed by atoms with Gasteiger partial charge in [0.05, 0.1) is 0 Å². The van der Waals surface area contributed by atoms with Crippen LogP contribution in [0.15, 0.2) is 47.0 Å². The average Bonchev–Trinajstić information content (AvgIpc) is 3.25.